The first-order chi connectivity index (χ1) is 6.44. The maximum atomic E-state index is 13.8. The van der Waals surface area contributed by atoms with Crippen molar-refractivity contribution in [3.63, 3.8) is 0 Å². The number of carboxylic acid groups (broad SMARTS) is 1. The molecule has 1 N–H and O–H groups in total. The monoisotopic (exact) mass is 203 g/mol. The summed E-state index contributed by atoms with van der Waals surface area (Å²) in [4.78, 5) is 12.6. The van der Waals surface area contributed by atoms with E-state index < -0.39 is 11.6 Å². The van der Waals surface area contributed by atoms with E-state index in [-0.39, 0.29) is 13.0 Å². The fraction of sp³-hybridized carbons (Fsp3) is 0.900. The van der Waals surface area contributed by atoms with E-state index in [1.54, 1.807) is 0 Å². The number of aliphatic carboxylic acids is 1. The lowest BCUT2D eigenvalue weighted by Gasteiger charge is -2.35. The van der Waals surface area contributed by atoms with E-state index in [1.807, 2.05) is 4.90 Å². The zero-order chi connectivity index (χ0) is 10.8. The summed E-state index contributed by atoms with van der Waals surface area (Å²) < 4.78 is 13.8. The summed E-state index contributed by atoms with van der Waals surface area (Å²) in [6.45, 7) is 5.74. The van der Waals surface area contributed by atoms with Gasteiger partial charge in [0.1, 0.15) is 0 Å². The molecule has 82 valence electrons. The van der Waals surface area contributed by atoms with Gasteiger partial charge in [-0.2, -0.15) is 0 Å². The minimum Gasteiger partial charge on any atom is -0.479 e. The van der Waals surface area contributed by atoms with E-state index in [2.05, 4.69) is 13.8 Å². The van der Waals surface area contributed by atoms with Crippen molar-refractivity contribution in [1.29, 1.82) is 0 Å². The number of carbonyl (C=O) groups is 1. The number of rotatable bonds is 3. The van der Waals surface area contributed by atoms with Crippen molar-refractivity contribution in [3.05, 3.63) is 0 Å². The van der Waals surface area contributed by atoms with Crippen molar-refractivity contribution in [1.82, 2.24) is 4.90 Å². The Balaban J connectivity index is 2.55. The van der Waals surface area contributed by atoms with Crippen molar-refractivity contribution in [2.75, 3.05) is 19.6 Å². The van der Waals surface area contributed by atoms with E-state index >= 15 is 0 Å². The molecule has 1 aliphatic heterocycles. The molecule has 4 heteroatoms. The van der Waals surface area contributed by atoms with Gasteiger partial charge in [-0.15, -0.1) is 0 Å². The van der Waals surface area contributed by atoms with Crippen molar-refractivity contribution >= 4 is 5.97 Å². The number of nitrogens with zero attached hydrogens (tertiary/aromatic N) is 1. The van der Waals surface area contributed by atoms with Crippen LogP contribution in [-0.2, 0) is 4.79 Å². The average molecular weight is 203 g/mol. The molecule has 1 saturated heterocycles. The second kappa shape index (κ2) is 4.26. The molecule has 0 saturated carbocycles. The molecule has 1 heterocycles. The molecule has 0 aromatic rings. The molecule has 14 heavy (non-hydrogen) atoms. The zero-order valence-electron chi connectivity index (χ0n) is 8.79. The van der Waals surface area contributed by atoms with Crippen LogP contribution in [-0.4, -0.2) is 41.3 Å². The fourth-order valence-electron chi connectivity index (χ4n) is 1.94. The third kappa shape index (κ3) is 2.67. The summed E-state index contributed by atoms with van der Waals surface area (Å²) in [6, 6.07) is 0. The Labute approximate surface area is 83.9 Å². The van der Waals surface area contributed by atoms with Crippen LogP contribution < -0.4 is 0 Å². The predicted molar refractivity (Wildman–Crippen MR) is 52.0 cm³/mol. The summed E-state index contributed by atoms with van der Waals surface area (Å²) in [5, 5.41) is 8.75. The van der Waals surface area contributed by atoms with Crippen LogP contribution in [0, 0.1) is 5.92 Å². The lowest BCUT2D eigenvalue weighted by Crippen LogP contribution is -2.50. The predicted octanol–water partition coefficient (Wildman–Crippen LogP) is 1.53. The molecule has 0 amide bonds. The van der Waals surface area contributed by atoms with Crippen LogP contribution in [0.4, 0.5) is 4.39 Å². The van der Waals surface area contributed by atoms with Gasteiger partial charge in [-0.3, -0.25) is 4.90 Å². The molecule has 1 atom stereocenters. The van der Waals surface area contributed by atoms with Gasteiger partial charge in [0.2, 0.25) is 5.67 Å². The van der Waals surface area contributed by atoms with E-state index in [0.717, 1.165) is 13.1 Å². The van der Waals surface area contributed by atoms with E-state index in [4.69, 9.17) is 5.11 Å². The maximum Gasteiger partial charge on any atom is 0.342 e. The molecule has 0 radical (unpaired) electrons. The van der Waals surface area contributed by atoms with E-state index in [1.165, 1.54) is 0 Å². The Hall–Kier alpha value is -0.640. The third-order valence-electron chi connectivity index (χ3n) is 2.53. The molecule has 1 unspecified atom stereocenters. The second-order valence-electron chi connectivity index (χ2n) is 4.50. The summed E-state index contributed by atoms with van der Waals surface area (Å²) in [6.07, 6.45) is 0.784. The Kier molecular flexibility index (Phi) is 3.48. The first-order valence-electron chi connectivity index (χ1n) is 5.09. The standard InChI is InChI=1S/C10H18FNO2/c1-8(2)6-12-5-3-4-10(11,7-12)9(13)14/h8H,3-7H2,1-2H3,(H,13,14). The average Bonchev–Trinajstić information content (AvgIpc) is 2.02. The third-order valence-corrected chi connectivity index (χ3v) is 2.53. The van der Waals surface area contributed by atoms with Gasteiger partial charge in [-0.1, -0.05) is 13.8 Å². The van der Waals surface area contributed by atoms with Gasteiger partial charge in [-0.25, -0.2) is 9.18 Å². The molecule has 0 spiro atoms. The molecular weight excluding hydrogens is 185 g/mol. The summed E-state index contributed by atoms with van der Waals surface area (Å²) in [5.41, 5.74) is -2.02. The Morgan fingerprint density at radius 1 is 1.64 bits per heavy atom. The van der Waals surface area contributed by atoms with Crippen LogP contribution >= 0.6 is 0 Å². The van der Waals surface area contributed by atoms with Gasteiger partial charge in [0.15, 0.2) is 0 Å². The van der Waals surface area contributed by atoms with Gasteiger partial charge in [-0.05, 0) is 25.3 Å². The van der Waals surface area contributed by atoms with Crippen LogP contribution in [0.1, 0.15) is 26.7 Å². The smallest absolute Gasteiger partial charge is 0.342 e. The van der Waals surface area contributed by atoms with Gasteiger partial charge >= 0.3 is 5.97 Å². The fourth-order valence-corrected chi connectivity index (χ4v) is 1.94. The lowest BCUT2D eigenvalue weighted by atomic mass is 9.94. The first kappa shape index (κ1) is 11.4. The zero-order valence-corrected chi connectivity index (χ0v) is 8.79. The number of likely N-dealkylation sites (tertiary alicyclic amines) is 1. The minimum absolute atomic E-state index is 0.0422. The maximum absolute atomic E-state index is 13.8. The topological polar surface area (TPSA) is 40.5 Å². The molecule has 0 aromatic heterocycles. The number of carboxylic acids is 1. The largest absolute Gasteiger partial charge is 0.479 e. The molecule has 1 rings (SSSR count). The second-order valence-corrected chi connectivity index (χ2v) is 4.50. The van der Waals surface area contributed by atoms with Crippen molar-refractivity contribution in [3.8, 4) is 0 Å². The Morgan fingerprint density at radius 2 is 2.29 bits per heavy atom. The number of alkyl halides is 1. The van der Waals surface area contributed by atoms with Gasteiger partial charge in [0.25, 0.3) is 0 Å². The highest BCUT2D eigenvalue weighted by atomic mass is 19.1. The molecule has 1 fully saturated rings. The summed E-state index contributed by atoms with van der Waals surface area (Å²) in [7, 11) is 0. The normalized spacial score (nSPS) is 29.4. The number of hydrogen-bond acceptors (Lipinski definition) is 2. The van der Waals surface area contributed by atoms with Crippen LogP contribution in [0.2, 0.25) is 0 Å². The van der Waals surface area contributed by atoms with Crippen LogP contribution in [0.3, 0.4) is 0 Å². The van der Waals surface area contributed by atoms with Crippen molar-refractivity contribution < 1.29 is 14.3 Å². The Morgan fingerprint density at radius 3 is 2.79 bits per heavy atom. The van der Waals surface area contributed by atoms with Crippen LogP contribution in [0.25, 0.3) is 0 Å². The highest BCUT2D eigenvalue weighted by Crippen LogP contribution is 2.25. The quantitative estimate of drug-likeness (QED) is 0.756. The van der Waals surface area contributed by atoms with Crippen LogP contribution in [0.5, 0.6) is 0 Å². The number of halogens is 1. The molecule has 0 bridgehead atoms. The molecule has 0 aromatic carbocycles. The van der Waals surface area contributed by atoms with Crippen molar-refractivity contribution in [2.24, 2.45) is 5.92 Å². The van der Waals surface area contributed by atoms with Gasteiger partial charge < -0.3 is 5.11 Å². The summed E-state index contributed by atoms with van der Waals surface area (Å²) >= 11 is 0. The van der Waals surface area contributed by atoms with Gasteiger partial charge in [0.05, 0.1) is 0 Å². The molecular formula is C10H18FNO2. The van der Waals surface area contributed by atoms with Crippen LogP contribution in [0.15, 0.2) is 0 Å². The number of hydrogen-bond donors (Lipinski definition) is 1. The Bertz CT molecular complexity index is 220. The summed E-state index contributed by atoms with van der Waals surface area (Å²) in [5.74, 6) is -0.864. The SMILES string of the molecule is CC(C)CN1CCCC(F)(C(=O)O)C1. The first-order valence-corrected chi connectivity index (χ1v) is 5.09. The highest BCUT2D eigenvalue weighted by molar-refractivity contribution is 5.77. The highest BCUT2D eigenvalue weighted by Gasteiger charge is 2.42. The van der Waals surface area contributed by atoms with Crippen molar-refractivity contribution in [2.45, 2.75) is 32.4 Å². The molecule has 1 aliphatic rings. The van der Waals surface area contributed by atoms with E-state index in [0.29, 0.717) is 12.3 Å². The van der Waals surface area contributed by atoms with Gasteiger partial charge in [0, 0.05) is 13.1 Å². The van der Waals surface area contributed by atoms with E-state index in [9.17, 15) is 9.18 Å². The minimum atomic E-state index is -2.02. The molecule has 3 nitrogen and oxygen atoms in total. The molecule has 0 aliphatic carbocycles. The lowest BCUT2D eigenvalue weighted by molar-refractivity contribution is -0.155. The number of piperidine rings is 1.